The molecule has 2 rings (SSSR count). The van der Waals surface area contributed by atoms with Crippen molar-refractivity contribution in [3.05, 3.63) is 46.0 Å². The molecular weight excluding hydrogens is 286 g/mol. The second-order valence-corrected chi connectivity index (χ2v) is 5.71. The average Bonchev–Trinajstić information content (AvgIpc) is 2.80. The molecule has 0 aliphatic rings. The summed E-state index contributed by atoms with van der Waals surface area (Å²) >= 11 is 1.29. The third-order valence-electron chi connectivity index (χ3n) is 3.08. The van der Waals surface area contributed by atoms with Crippen LogP contribution < -0.4 is 10.6 Å². The van der Waals surface area contributed by atoms with Crippen molar-refractivity contribution in [3.63, 3.8) is 0 Å². The highest BCUT2D eigenvalue weighted by Crippen LogP contribution is 2.17. The van der Waals surface area contributed by atoms with Crippen LogP contribution in [0, 0.1) is 20.8 Å². The van der Waals surface area contributed by atoms with Crippen molar-refractivity contribution in [1.29, 1.82) is 0 Å². The van der Waals surface area contributed by atoms with Gasteiger partial charge in [-0.2, -0.15) is 4.37 Å². The first-order chi connectivity index (χ1) is 9.95. The van der Waals surface area contributed by atoms with Crippen molar-refractivity contribution in [2.45, 2.75) is 26.9 Å². The largest absolute Gasteiger partial charge is 0.387 e. The molecule has 0 saturated heterocycles. The second-order valence-electron chi connectivity index (χ2n) is 5.09. The summed E-state index contributed by atoms with van der Waals surface area (Å²) in [5, 5.41) is 17.3. The second kappa shape index (κ2) is 6.69. The molecule has 112 valence electrons. The summed E-state index contributed by atoms with van der Waals surface area (Å²) in [6, 6.07) is 5.54. The molecule has 0 saturated carbocycles. The number of rotatable bonds is 4. The van der Waals surface area contributed by atoms with Crippen LogP contribution in [-0.4, -0.2) is 22.1 Å². The summed E-state index contributed by atoms with van der Waals surface area (Å²) in [7, 11) is 0. The van der Waals surface area contributed by atoms with Gasteiger partial charge in [-0.15, -0.1) is 0 Å². The summed E-state index contributed by atoms with van der Waals surface area (Å²) in [4.78, 5) is 11.8. The van der Waals surface area contributed by atoms with Crippen LogP contribution in [0.15, 0.2) is 23.6 Å². The Balaban J connectivity index is 1.90. The predicted octanol–water partition coefficient (Wildman–Crippen LogP) is 2.92. The van der Waals surface area contributed by atoms with Gasteiger partial charge in [0.25, 0.3) is 0 Å². The van der Waals surface area contributed by atoms with Crippen molar-refractivity contribution in [2.75, 3.05) is 11.9 Å². The number of carbonyl (C=O) groups is 1. The molecule has 6 heteroatoms. The average molecular weight is 305 g/mol. The first kappa shape index (κ1) is 15.5. The zero-order valence-electron chi connectivity index (χ0n) is 12.3. The lowest BCUT2D eigenvalue weighted by molar-refractivity contribution is 0.175. The van der Waals surface area contributed by atoms with Crippen LogP contribution in [0.2, 0.25) is 0 Å². The Morgan fingerprint density at radius 2 is 1.95 bits per heavy atom. The lowest BCUT2D eigenvalue weighted by Crippen LogP contribution is -2.32. The van der Waals surface area contributed by atoms with E-state index in [1.54, 1.807) is 5.38 Å². The van der Waals surface area contributed by atoms with Gasteiger partial charge in [-0.3, -0.25) is 0 Å². The Labute approximate surface area is 128 Å². The van der Waals surface area contributed by atoms with Crippen molar-refractivity contribution in [2.24, 2.45) is 0 Å². The van der Waals surface area contributed by atoms with Crippen molar-refractivity contribution < 1.29 is 9.90 Å². The van der Waals surface area contributed by atoms with Gasteiger partial charge in [0, 0.05) is 11.9 Å². The van der Waals surface area contributed by atoms with E-state index in [0.717, 1.165) is 22.4 Å². The molecule has 2 aromatic rings. The molecule has 1 unspecified atom stereocenters. The van der Waals surface area contributed by atoms with Crippen molar-refractivity contribution in [1.82, 2.24) is 9.69 Å². The number of hydrogen-bond donors (Lipinski definition) is 3. The van der Waals surface area contributed by atoms with E-state index in [1.165, 1.54) is 11.5 Å². The molecule has 0 fully saturated rings. The van der Waals surface area contributed by atoms with Gasteiger partial charge in [-0.25, -0.2) is 4.79 Å². The van der Waals surface area contributed by atoms with E-state index in [4.69, 9.17) is 0 Å². The molecule has 0 spiro atoms. The number of aryl methyl sites for hydroxylation is 3. The van der Waals surface area contributed by atoms with Gasteiger partial charge in [0.15, 0.2) is 0 Å². The van der Waals surface area contributed by atoms with E-state index in [-0.39, 0.29) is 12.6 Å². The van der Waals surface area contributed by atoms with Gasteiger partial charge in [0.05, 0.1) is 17.5 Å². The lowest BCUT2D eigenvalue weighted by Gasteiger charge is -2.14. The molecule has 3 N–H and O–H groups in total. The van der Waals surface area contributed by atoms with Crippen LogP contribution in [0.5, 0.6) is 0 Å². The highest BCUT2D eigenvalue weighted by Gasteiger charge is 2.11. The number of hydrogen-bond acceptors (Lipinski definition) is 4. The molecule has 2 amide bonds. The summed E-state index contributed by atoms with van der Waals surface area (Å²) in [5.41, 5.74) is 4.46. The van der Waals surface area contributed by atoms with Gasteiger partial charge in [-0.1, -0.05) is 29.3 Å². The molecular formula is C15H19N3O2S. The molecule has 0 aliphatic heterocycles. The van der Waals surface area contributed by atoms with Crippen LogP contribution in [-0.2, 0) is 0 Å². The van der Waals surface area contributed by atoms with Gasteiger partial charge < -0.3 is 15.7 Å². The molecule has 0 radical (unpaired) electrons. The topological polar surface area (TPSA) is 74.2 Å². The van der Waals surface area contributed by atoms with Crippen molar-refractivity contribution >= 4 is 23.3 Å². The Kier molecular flexibility index (Phi) is 4.93. The minimum Gasteiger partial charge on any atom is -0.387 e. The Bertz CT molecular complexity index is 619. The maximum absolute atomic E-state index is 11.8. The number of aliphatic hydroxyl groups is 1. The number of anilines is 1. The van der Waals surface area contributed by atoms with E-state index in [2.05, 4.69) is 15.0 Å². The fraction of sp³-hybridized carbons (Fsp3) is 0.333. The summed E-state index contributed by atoms with van der Waals surface area (Å²) < 4.78 is 4.08. The highest BCUT2D eigenvalue weighted by atomic mass is 32.1. The molecule has 21 heavy (non-hydrogen) atoms. The zero-order valence-corrected chi connectivity index (χ0v) is 13.1. The lowest BCUT2D eigenvalue weighted by atomic mass is 10.0. The first-order valence-electron chi connectivity index (χ1n) is 6.68. The van der Waals surface area contributed by atoms with Gasteiger partial charge in [0.1, 0.15) is 0 Å². The van der Waals surface area contributed by atoms with E-state index in [9.17, 15) is 9.90 Å². The number of amides is 2. The smallest absolute Gasteiger partial charge is 0.319 e. The summed E-state index contributed by atoms with van der Waals surface area (Å²) in [6.07, 6.45) is -0.726. The van der Waals surface area contributed by atoms with Crippen LogP contribution in [0.25, 0.3) is 0 Å². The Morgan fingerprint density at radius 3 is 2.52 bits per heavy atom. The SMILES string of the molecule is Cc1cc(C)cc(C(O)CNC(=O)Nc2csnc2C)c1. The summed E-state index contributed by atoms with van der Waals surface area (Å²) in [5.74, 6) is 0. The number of urea groups is 1. The van der Waals surface area contributed by atoms with E-state index in [0.29, 0.717) is 5.69 Å². The minimum atomic E-state index is -0.726. The minimum absolute atomic E-state index is 0.158. The number of nitrogens with one attached hydrogen (secondary N) is 2. The normalized spacial score (nSPS) is 12.0. The fourth-order valence-corrected chi connectivity index (χ4v) is 2.73. The molecule has 1 aromatic carbocycles. The maximum atomic E-state index is 11.8. The molecule has 1 aromatic heterocycles. The number of aliphatic hydroxyl groups excluding tert-OH is 1. The monoisotopic (exact) mass is 305 g/mol. The number of nitrogens with zero attached hydrogens (tertiary/aromatic N) is 1. The molecule has 5 nitrogen and oxygen atoms in total. The van der Waals surface area contributed by atoms with Crippen LogP contribution in [0.1, 0.15) is 28.5 Å². The third kappa shape index (κ3) is 4.27. The van der Waals surface area contributed by atoms with Crippen molar-refractivity contribution in [3.8, 4) is 0 Å². The standard InChI is InChI=1S/C15H19N3O2S/c1-9-4-10(2)6-12(5-9)14(19)7-16-15(20)17-13-8-21-18-11(13)3/h4-6,8,14,19H,7H2,1-3H3,(H2,16,17,20). The summed E-state index contributed by atoms with van der Waals surface area (Å²) in [6.45, 7) is 5.95. The van der Waals surface area contributed by atoms with E-state index >= 15 is 0 Å². The van der Waals surface area contributed by atoms with Crippen LogP contribution in [0.4, 0.5) is 10.5 Å². The number of carbonyl (C=O) groups excluding carboxylic acids is 1. The van der Waals surface area contributed by atoms with E-state index < -0.39 is 6.10 Å². The predicted molar refractivity (Wildman–Crippen MR) is 84.7 cm³/mol. The van der Waals surface area contributed by atoms with Crippen LogP contribution >= 0.6 is 11.5 Å². The van der Waals surface area contributed by atoms with Gasteiger partial charge in [0.2, 0.25) is 0 Å². The highest BCUT2D eigenvalue weighted by molar-refractivity contribution is 7.04. The van der Waals surface area contributed by atoms with E-state index in [1.807, 2.05) is 39.0 Å². The van der Waals surface area contributed by atoms with Gasteiger partial charge in [-0.05, 0) is 37.9 Å². The Hall–Kier alpha value is -1.92. The van der Waals surface area contributed by atoms with Gasteiger partial charge >= 0.3 is 6.03 Å². The molecule has 1 heterocycles. The third-order valence-corrected chi connectivity index (χ3v) is 3.80. The number of benzene rings is 1. The number of aromatic nitrogens is 1. The quantitative estimate of drug-likeness (QED) is 0.813. The molecule has 1 atom stereocenters. The Morgan fingerprint density at radius 1 is 1.29 bits per heavy atom. The van der Waals surface area contributed by atoms with Crippen LogP contribution in [0.3, 0.4) is 0 Å². The molecule has 0 bridgehead atoms. The fourth-order valence-electron chi connectivity index (χ4n) is 2.09. The zero-order chi connectivity index (χ0) is 15.4. The first-order valence-corrected chi connectivity index (χ1v) is 7.51. The maximum Gasteiger partial charge on any atom is 0.319 e. The molecule has 0 aliphatic carbocycles.